The van der Waals surface area contributed by atoms with Crippen LogP contribution >= 0.6 is 11.8 Å². The van der Waals surface area contributed by atoms with E-state index in [2.05, 4.69) is 10.3 Å². The summed E-state index contributed by atoms with van der Waals surface area (Å²) < 4.78 is 5.26. The summed E-state index contributed by atoms with van der Waals surface area (Å²) in [5.74, 6) is 0.353. The Labute approximate surface area is 116 Å². The SMILES string of the molecule is COc1cc(SC)ccc1C(=O)Nc1cccnc1. The largest absolute Gasteiger partial charge is 0.496 e. The molecule has 5 heteroatoms. The summed E-state index contributed by atoms with van der Waals surface area (Å²) in [5, 5.41) is 2.78. The van der Waals surface area contributed by atoms with E-state index in [0.29, 0.717) is 17.0 Å². The molecule has 1 amide bonds. The van der Waals surface area contributed by atoms with E-state index in [9.17, 15) is 4.79 Å². The van der Waals surface area contributed by atoms with Gasteiger partial charge in [0.2, 0.25) is 0 Å². The van der Waals surface area contributed by atoms with Crippen LogP contribution in [0.5, 0.6) is 5.75 Å². The first-order chi connectivity index (χ1) is 9.24. The van der Waals surface area contributed by atoms with Gasteiger partial charge in [0.15, 0.2) is 0 Å². The Bertz CT molecular complexity index is 573. The van der Waals surface area contributed by atoms with Crippen LogP contribution in [-0.2, 0) is 0 Å². The molecule has 0 aliphatic heterocycles. The van der Waals surface area contributed by atoms with Crippen LogP contribution in [0.15, 0.2) is 47.6 Å². The molecule has 1 N–H and O–H groups in total. The zero-order valence-corrected chi connectivity index (χ0v) is 11.5. The van der Waals surface area contributed by atoms with Gasteiger partial charge in [-0.25, -0.2) is 0 Å². The fourth-order valence-electron chi connectivity index (χ4n) is 1.62. The number of nitrogens with zero attached hydrogens (tertiary/aromatic N) is 1. The van der Waals surface area contributed by atoms with Crippen LogP contribution in [0.4, 0.5) is 5.69 Å². The van der Waals surface area contributed by atoms with E-state index in [1.807, 2.05) is 18.4 Å². The summed E-state index contributed by atoms with van der Waals surface area (Å²) in [4.78, 5) is 17.2. The monoisotopic (exact) mass is 274 g/mol. The number of rotatable bonds is 4. The van der Waals surface area contributed by atoms with Gasteiger partial charge in [0.05, 0.1) is 24.6 Å². The molecule has 0 radical (unpaired) electrons. The first kappa shape index (κ1) is 13.4. The van der Waals surface area contributed by atoms with E-state index in [0.717, 1.165) is 4.90 Å². The summed E-state index contributed by atoms with van der Waals surface area (Å²) in [6.45, 7) is 0. The summed E-state index contributed by atoms with van der Waals surface area (Å²) in [5.41, 5.74) is 1.16. The zero-order valence-electron chi connectivity index (χ0n) is 10.7. The van der Waals surface area contributed by atoms with Gasteiger partial charge in [-0.05, 0) is 36.6 Å². The van der Waals surface area contributed by atoms with E-state index < -0.39 is 0 Å². The number of nitrogens with one attached hydrogen (secondary N) is 1. The summed E-state index contributed by atoms with van der Waals surface area (Å²) >= 11 is 1.60. The fraction of sp³-hybridized carbons (Fsp3) is 0.143. The smallest absolute Gasteiger partial charge is 0.259 e. The Morgan fingerprint density at radius 3 is 2.84 bits per heavy atom. The van der Waals surface area contributed by atoms with Crippen molar-refractivity contribution in [3.63, 3.8) is 0 Å². The van der Waals surface area contributed by atoms with Crippen LogP contribution in [0.2, 0.25) is 0 Å². The van der Waals surface area contributed by atoms with E-state index in [4.69, 9.17) is 4.74 Å². The third-order valence-corrected chi connectivity index (χ3v) is 3.30. The third-order valence-electron chi connectivity index (χ3n) is 2.57. The Morgan fingerprint density at radius 2 is 2.21 bits per heavy atom. The van der Waals surface area contributed by atoms with Crippen molar-refractivity contribution in [2.24, 2.45) is 0 Å². The Morgan fingerprint density at radius 1 is 1.37 bits per heavy atom. The second-order valence-electron chi connectivity index (χ2n) is 3.76. The van der Waals surface area contributed by atoms with Crippen molar-refractivity contribution < 1.29 is 9.53 Å². The van der Waals surface area contributed by atoms with Crippen molar-refractivity contribution in [3.05, 3.63) is 48.3 Å². The van der Waals surface area contributed by atoms with Crippen LogP contribution in [-0.4, -0.2) is 24.3 Å². The van der Waals surface area contributed by atoms with Gasteiger partial charge in [-0.1, -0.05) is 0 Å². The molecular weight excluding hydrogens is 260 g/mol. The van der Waals surface area contributed by atoms with E-state index in [1.54, 1.807) is 49.5 Å². The second kappa shape index (κ2) is 6.24. The number of carbonyl (C=O) groups excluding carboxylic acids is 1. The minimum absolute atomic E-state index is 0.211. The number of hydrogen-bond acceptors (Lipinski definition) is 4. The van der Waals surface area contributed by atoms with E-state index >= 15 is 0 Å². The quantitative estimate of drug-likeness (QED) is 0.871. The minimum Gasteiger partial charge on any atom is -0.496 e. The first-order valence-corrected chi connectivity index (χ1v) is 6.90. The number of hydrogen-bond donors (Lipinski definition) is 1. The molecule has 0 fully saturated rings. The normalized spacial score (nSPS) is 10.0. The van der Waals surface area contributed by atoms with Gasteiger partial charge in [0.25, 0.3) is 5.91 Å². The first-order valence-electron chi connectivity index (χ1n) is 5.68. The molecule has 0 bridgehead atoms. The standard InChI is InChI=1S/C14H14N2O2S/c1-18-13-8-11(19-2)5-6-12(13)14(17)16-10-4-3-7-15-9-10/h3-9H,1-2H3,(H,16,17). The molecule has 1 aromatic carbocycles. The van der Waals surface area contributed by atoms with Gasteiger partial charge in [-0.3, -0.25) is 9.78 Å². The molecule has 4 nitrogen and oxygen atoms in total. The van der Waals surface area contributed by atoms with Crippen molar-refractivity contribution in [2.75, 3.05) is 18.7 Å². The number of aromatic nitrogens is 1. The lowest BCUT2D eigenvalue weighted by Crippen LogP contribution is -2.13. The highest BCUT2D eigenvalue weighted by atomic mass is 32.2. The van der Waals surface area contributed by atoms with Crippen molar-refractivity contribution in [2.45, 2.75) is 4.90 Å². The van der Waals surface area contributed by atoms with Gasteiger partial charge < -0.3 is 10.1 Å². The van der Waals surface area contributed by atoms with Gasteiger partial charge >= 0.3 is 0 Å². The third kappa shape index (κ3) is 3.26. The van der Waals surface area contributed by atoms with Crippen molar-refractivity contribution >= 4 is 23.4 Å². The number of thioether (sulfide) groups is 1. The number of anilines is 1. The van der Waals surface area contributed by atoms with Gasteiger partial charge in [0.1, 0.15) is 5.75 Å². The minimum atomic E-state index is -0.211. The van der Waals surface area contributed by atoms with Crippen LogP contribution in [0.25, 0.3) is 0 Å². The Hall–Kier alpha value is -2.01. The van der Waals surface area contributed by atoms with Gasteiger partial charge in [0, 0.05) is 11.1 Å². The van der Waals surface area contributed by atoms with E-state index in [-0.39, 0.29) is 5.91 Å². The molecule has 19 heavy (non-hydrogen) atoms. The molecule has 2 rings (SSSR count). The van der Waals surface area contributed by atoms with Crippen LogP contribution in [0, 0.1) is 0 Å². The molecule has 0 saturated carbocycles. The number of methoxy groups -OCH3 is 1. The lowest BCUT2D eigenvalue weighted by molar-refractivity contribution is 0.102. The van der Waals surface area contributed by atoms with Crippen LogP contribution in [0.1, 0.15) is 10.4 Å². The highest BCUT2D eigenvalue weighted by molar-refractivity contribution is 7.98. The maximum atomic E-state index is 12.2. The number of pyridine rings is 1. The fourth-order valence-corrected chi connectivity index (χ4v) is 2.05. The molecule has 0 aliphatic rings. The Balaban J connectivity index is 2.24. The number of carbonyl (C=O) groups is 1. The Kier molecular flexibility index (Phi) is 4.41. The molecule has 0 atom stereocenters. The van der Waals surface area contributed by atoms with Crippen LogP contribution in [0.3, 0.4) is 0 Å². The predicted octanol–water partition coefficient (Wildman–Crippen LogP) is 3.06. The van der Waals surface area contributed by atoms with Gasteiger partial charge in [-0.2, -0.15) is 0 Å². The lowest BCUT2D eigenvalue weighted by atomic mass is 10.2. The number of benzene rings is 1. The zero-order chi connectivity index (χ0) is 13.7. The topological polar surface area (TPSA) is 51.2 Å². The van der Waals surface area contributed by atoms with E-state index in [1.165, 1.54) is 0 Å². The van der Waals surface area contributed by atoms with Crippen LogP contribution < -0.4 is 10.1 Å². The second-order valence-corrected chi connectivity index (χ2v) is 4.64. The number of amides is 1. The molecule has 0 spiro atoms. The summed E-state index contributed by atoms with van der Waals surface area (Å²) in [6, 6.07) is 9.06. The molecule has 0 unspecified atom stereocenters. The lowest BCUT2D eigenvalue weighted by Gasteiger charge is -2.10. The molecule has 2 aromatic rings. The number of ether oxygens (including phenoxy) is 1. The average molecular weight is 274 g/mol. The molecule has 98 valence electrons. The molecule has 1 heterocycles. The van der Waals surface area contributed by atoms with Crippen molar-refractivity contribution in [1.29, 1.82) is 0 Å². The molecule has 0 saturated heterocycles. The molecular formula is C14H14N2O2S. The molecule has 0 aliphatic carbocycles. The maximum Gasteiger partial charge on any atom is 0.259 e. The summed E-state index contributed by atoms with van der Waals surface area (Å²) in [7, 11) is 1.56. The van der Waals surface area contributed by atoms with Crippen molar-refractivity contribution in [1.82, 2.24) is 4.98 Å². The highest BCUT2D eigenvalue weighted by Crippen LogP contribution is 2.25. The average Bonchev–Trinajstić information content (AvgIpc) is 2.47. The van der Waals surface area contributed by atoms with Gasteiger partial charge in [-0.15, -0.1) is 11.8 Å². The maximum absolute atomic E-state index is 12.2. The van der Waals surface area contributed by atoms with Crippen molar-refractivity contribution in [3.8, 4) is 5.75 Å². The summed E-state index contributed by atoms with van der Waals surface area (Å²) in [6.07, 6.45) is 5.23. The highest BCUT2D eigenvalue weighted by Gasteiger charge is 2.13. The molecule has 1 aromatic heterocycles. The predicted molar refractivity (Wildman–Crippen MR) is 77.0 cm³/mol.